The van der Waals surface area contributed by atoms with Gasteiger partial charge in [0.15, 0.2) is 11.6 Å². The monoisotopic (exact) mass is 1190 g/mol. The quantitative estimate of drug-likeness (QED) is 0.0703. The van der Waals surface area contributed by atoms with Crippen LogP contribution in [-0.2, 0) is 12.4 Å². The number of aliphatic imine (C=N–C) groups is 2. The third-order valence-corrected chi connectivity index (χ3v) is 15.9. The molecule has 14 rings (SSSR count). The minimum atomic E-state index is -4.56. The van der Waals surface area contributed by atoms with Gasteiger partial charge in [0.25, 0.3) is 0 Å². The van der Waals surface area contributed by atoms with Crippen molar-refractivity contribution in [3.05, 3.63) is 288 Å². The summed E-state index contributed by atoms with van der Waals surface area (Å²) >= 11 is 0. The second-order valence-corrected chi connectivity index (χ2v) is 21.3. The average Bonchev–Trinajstić information content (AvgIpc) is 1.67. The number of hydrogen-bond donors (Lipinski definition) is 2. The highest BCUT2D eigenvalue weighted by molar-refractivity contribution is 6.27. The number of pyridine rings is 2. The van der Waals surface area contributed by atoms with Gasteiger partial charge in [0, 0.05) is 90.9 Å². The molecular weight excluding hydrogens is 1140 g/mol. The number of hydrogen-bond acceptors (Lipinski definition) is 8. The van der Waals surface area contributed by atoms with Crippen molar-refractivity contribution < 1.29 is 26.3 Å². The third kappa shape index (κ3) is 10.6. The van der Waals surface area contributed by atoms with Crippen LogP contribution in [0.2, 0.25) is 0 Å². The number of aromatic nitrogens is 2. The topological polar surface area (TPSA) is 129 Å². The van der Waals surface area contributed by atoms with Crippen molar-refractivity contribution in [1.82, 2.24) is 9.97 Å². The summed E-state index contributed by atoms with van der Waals surface area (Å²) in [6.07, 6.45) is -5.66. The molecule has 2 N–H and O–H groups in total. The lowest BCUT2D eigenvalue weighted by Gasteiger charge is -2.26. The van der Waals surface area contributed by atoms with Crippen LogP contribution in [0.25, 0.3) is 54.9 Å². The molecule has 0 radical (unpaired) electrons. The fourth-order valence-corrected chi connectivity index (χ4v) is 11.5. The van der Waals surface area contributed by atoms with E-state index in [0.29, 0.717) is 68.6 Å². The van der Waals surface area contributed by atoms with Crippen molar-refractivity contribution in [1.29, 1.82) is 10.5 Å². The second-order valence-electron chi connectivity index (χ2n) is 21.3. The zero-order chi connectivity index (χ0) is 61.7. The number of nitrogens with one attached hydrogen (secondary N) is 2. The number of rotatable bonds is 12. The van der Waals surface area contributed by atoms with Gasteiger partial charge in [0.2, 0.25) is 0 Å². The van der Waals surface area contributed by atoms with E-state index < -0.39 is 23.5 Å². The van der Waals surface area contributed by atoms with Crippen molar-refractivity contribution in [2.45, 2.75) is 12.4 Å². The van der Waals surface area contributed by atoms with E-state index in [1.165, 1.54) is 24.3 Å². The van der Waals surface area contributed by atoms with Crippen LogP contribution in [0.5, 0.6) is 0 Å². The van der Waals surface area contributed by atoms with Crippen molar-refractivity contribution in [3.63, 3.8) is 0 Å². The lowest BCUT2D eigenvalue weighted by Crippen LogP contribution is -2.11. The molecule has 0 unspecified atom stereocenters. The van der Waals surface area contributed by atoms with E-state index in [-0.39, 0.29) is 11.1 Å². The number of anilines is 8. The molecule has 0 fully saturated rings. The number of halogens is 6. The van der Waals surface area contributed by atoms with Crippen LogP contribution in [0.4, 0.5) is 83.5 Å². The molecule has 0 atom stereocenters. The number of amidine groups is 2. The van der Waals surface area contributed by atoms with E-state index in [4.69, 9.17) is 9.98 Å². The molecular formula is C74H44F6N10. The summed E-state index contributed by atoms with van der Waals surface area (Å²) in [6, 6.07) is 74.4. The summed E-state index contributed by atoms with van der Waals surface area (Å²) in [4.78, 5) is 22.5. The molecule has 0 aliphatic carbocycles. The van der Waals surface area contributed by atoms with Gasteiger partial charge >= 0.3 is 12.4 Å². The fraction of sp³-hybridized carbons (Fsp3) is 0.0270. The molecule has 10 aromatic carbocycles. The largest absolute Gasteiger partial charge is 0.416 e. The zero-order valence-corrected chi connectivity index (χ0v) is 47.1. The summed E-state index contributed by atoms with van der Waals surface area (Å²) in [5.74, 6) is 2.44. The van der Waals surface area contributed by atoms with Crippen LogP contribution in [0, 0.1) is 22.7 Å². The first-order valence-corrected chi connectivity index (χ1v) is 28.3. The molecule has 2 aromatic heterocycles. The first-order valence-electron chi connectivity index (χ1n) is 28.3. The molecule has 12 aromatic rings. The van der Waals surface area contributed by atoms with Crippen molar-refractivity contribution in [2.24, 2.45) is 9.98 Å². The Morgan fingerprint density at radius 2 is 0.678 bits per heavy atom. The van der Waals surface area contributed by atoms with Gasteiger partial charge in [-0.25, -0.2) is 20.0 Å². The van der Waals surface area contributed by atoms with E-state index in [1.807, 2.05) is 121 Å². The van der Waals surface area contributed by atoms with Crippen LogP contribution in [-0.4, -0.2) is 21.6 Å². The number of nitrogens with zero attached hydrogens (tertiary/aromatic N) is 8. The summed E-state index contributed by atoms with van der Waals surface area (Å²) in [5.41, 5.74) is 9.73. The minimum absolute atomic E-state index is 0.0544. The maximum atomic E-state index is 13.8. The van der Waals surface area contributed by atoms with Gasteiger partial charge in [-0.3, -0.25) is 0 Å². The van der Waals surface area contributed by atoms with Gasteiger partial charge < -0.3 is 20.4 Å². The Morgan fingerprint density at radius 1 is 0.367 bits per heavy atom. The second kappa shape index (κ2) is 22.6. The predicted octanol–water partition coefficient (Wildman–Crippen LogP) is 20.1. The summed E-state index contributed by atoms with van der Waals surface area (Å²) < 4.78 is 83.1. The molecule has 0 amide bonds. The Morgan fingerprint density at radius 3 is 0.989 bits per heavy atom. The molecule has 0 saturated heterocycles. The Bertz CT molecular complexity index is 4610. The molecule has 4 heterocycles. The highest BCUT2D eigenvalue weighted by atomic mass is 19.4. The SMILES string of the molecule is N#C/C(=C(/C#N)c1ccc(N(c2ccc(-c3ccc(/N=C4\Nc5cccc6cccc4c56)nc3)cc2)c2ccc(C(F)(F)F)cc2)cc1)c1ccc(N(c2ccc(-c3ccc(/N=C4\Nc5cccc6cccc4c56)nc3)cc2)c2ccc(C(F)(F)F)cc2)cc1. The van der Waals surface area contributed by atoms with Gasteiger partial charge in [0.1, 0.15) is 23.8 Å². The highest BCUT2D eigenvalue weighted by Gasteiger charge is 2.32. The maximum Gasteiger partial charge on any atom is 0.416 e. The van der Waals surface area contributed by atoms with Crippen LogP contribution < -0.4 is 20.4 Å². The van der Waals surface area contributed by atoms with E-state index in [1.54, 1.807) is 70.7 Å². The van der Waals surface area contributed by atoms with E-state index in [0.717, 1.165) is 90.6 Å². The van der Waals surface area contributed by atoms with E-state index in [9.17, 15) is 36.9 Å². The third-order valence-electron chi connectivity index (χ3n) is 15.9. The van der Waals surface area contributed by atoms with Gasteiger partial charge in [-0.1, -0.05) is 109 Å². The molecule has 90 heavy (non-hydrogen) atoms. The molecule has 0 bridgehead atoms. The summed E-state index contributed by atoms with van der Waals surface area (Å²) in [6.45, 7) is 0. The Labute approximate surface area is 511 Å². The Kier molecular flexibility index (Phi) is 14.0. The molecule has 10 nitrogen and oxygen atoms in total. The van der Waals surface area contributed by atoms with Crippen LogP contribution in [0.1, 0.15) is 33.4 Å². The molecule has 2 aliphatic heterocycles. The molecule has 16 heteroatoms. The molecule has 0 spiro atoms. The van der Waals surface area contributed by atoms with E-state index >= 15 is 0 Å². The lowest BCUT2D eigenvalue weighted by atomic mass is 9.95. The van der Waals surface area contributed by atoms with Gasteiger partial charge in [-0.2, -0.15) is 36.9 Å². The van der Waals surface area contributed by atoms with Crippen LogP contribution in [0.3, 0.4) is 0 Å². The average molecular weight is 1190 g/mol. The van der Waals surface area contributed by atoms with Gasteiger partial charge in [0.05, 0.1) is 22.3 Å². The number of allylic oxidation sites excluding steroid dienone is 2. The zero-order valence-electron chi connectivity index (χ0n) is 47.1. The van der Waals surface area contributed by atoms with Gasteiger partial charge in [-0.05, 0) is 166 Å². The standard InChI is InChI=1S/C74H44F6N10/c75-73(76,77)53-23-35-59(36-24-53)89(55-27-13-45(14-28-55)51-21-39-67(83-43-51)87-71-61-9-1-5-49-7-3-11-65(85-71)69(49)61)57-31-17-47(18-32-57)63(41-81)64(42-82)48-19-33-58(34-20-48)90(60-37-25-54(26-38-60)74(78,79)80)56-29-15-46(16-30-56)52-22-40-68(84-44-52)88-72-62-10-2-6-50-8-4-12-66(86-72)70(50)62/h1-40,43-44H,(H,83,85,87)(H,84,86,88)/b64-63+. The number of nitriles is 2. The first kappa shape index (κ1) is 55.7. The normalized spacial score (nSPS) is 13.6. The molecule has 432 valence electrons. The summed E-state index contributed by atoms with van der Waals surface area (Å²) in [5, 5.41) is 32.7. The van der Waals surface area contributed by atoms with Crippen LogP contribution >= 0.6 is 0 Å². The predicted molar refractivity (Wildman–Crippen MR) is 344 cm³/mol. The van der Waals surface area contributed by atoms with E-state index in [2.05, 4.69) is 57.0 Å². The van der Waals surface area contributed by atoms with Crippen molar-refractivity contribution in [3.8, 4) is 34.4 Å². The lowest BCUT2D eigenvalue weighted by molar-refractivity contribution is -0.138. The fourth-order valence-electron chi connectivity index (χ4n) is 11.5. The van der Waals surface area contributed by atoms with Crippen molar-refractivity contribution >= 4 is 101 Å². The highest BCUT2D eigenvalue weighted by Crippen LogP contribution is 2.43. The van der Waals surface area contributed by atoms with Gasteiger partial charge in [-0.15, -0.1) is 0 Å². The minimum Gasteiger partial charge on any atom is -0.339 e. The number of benzene rings is 10. The Hall–Kier alpha value is -12.1. The Balaban J connectivity index is 0.727. The van der Waals surface area contributed by atoms with Crippen LogP contribution in [0.15, 0.2) is 265 Å². The smallest absolute Gasteiger partial charge is 0.339 e. The molecule has 2 aliphatic rings. The molecule has 0 saturated carbocycles. The first-order chi connectivity index (χ1) is 43.7. The summed E-state index contributed by atoms with van der Waals surface area (Å²) in [7, 11) is 0. The maximum absolute atomic E-state index is 13.8. The number of alkyl halides is 6. The van der Waals surface area contributed by atoms with Crippen molar-refractivity contribution in [2.75, 3.05) is 20.4 Å².